The van der Waals surface area contributed by atoms with Crippen molar-refractivity contribution < 1.29 is 9.53 Å². The van der Waals surface area contributed by atoms with Gasteiger partial charge in [0.1, 0.15) is 0 Å². The summed E-state index contributed by atoms with van der Waals surface area (Å²) in [4.78, 5) is 10.8. The molecule has 0 atom stereocenters. The highest BCUT2D eigenvalue weighted by Crippen LogP contribution is 2.03. The van der Waals surface area contributed by atoms with Crippen LogP contribution in [0, 0.1) is 5.92 Å². The van der Waals surface area contributed by atoms with Gasteiger partial charge >= 0.3 is 5.97 Å². The second kappa shape index (κ2) is 6.89. The molecule has 70 valence electrons. The highest BCUT2D eigenvalue weighted by atomic mass is 16.5. The van der Waals surface area contributed by atoms with Crippen LogP contribution in [-0.2, 0) is 9.53 Å². The molecule has 0 fully saturated rings. The van der Waals surface area contributed by atoms with E-state index in [-0.39, 0.29) is 5.97 Å². The Kier molecular flexibility index (Phi) is 6.44. The zero-order chi connectivity index (χ0) is 9.40. The highest BCUT2D eigenvalue weighted by molar-refractivity contribution is 5.81. The van der Waals surface area contributed by atoms with E-state index in [1.807, 2.05) is 6.08 Å². The van der Waals surface area contributed by atoms with Gasteiger partial charge in [0.2, 0.25) is 0 Å². The fraction of sp³-hybridized carbons (Fsp3) is 0.700. The average Bonchev–Trinajstić information content (AvgIpc) is 1.98. The third-order valence-electron chi connectivity index (χ3n) is 1.45. The molecule has 0 aliphatic heterocycles. The predicted molar refractivity (Wildman–Crippen MR) is 49.8 cm³/mol. The molecule has 0 saturated carbocycles. The molecule has 2 nitrogen and oxygen atoms in total. The Hall–Kier alpha value is -0.790. The van der Waals surface area contributed by atoms with Crippen LogP contribution in [0.5, 0.6) is 0 Å². The van der Waals surface area contributed by atoms with Crippen LogP contribution in [0.3, 0.4) is 0 Å². The maximum Gasteiger partial charge on any atom is 0.330 e. The van der Waals surface area contributed by atoms with E-state index < -0.39 is 0 Å². The number of carbonyl (C=O) groups is 1. The molecule has 0 radical (unpaired) electrons. The number of hydrogen-bond acceptors (Lipinski definition) is 2. The van der Waals surface area contributed by atoms with Gasteiger partial charge in [-0.1, -0.05) is 19.9 Å². The molecule has 0 spiro atoms. The second-order valence-electron chi connectivity index (χ2n) is 3.13. The van der Waals surface area contributed by atoms with Crippen molar-refractivity contribution in [3.63, 3.8) is 0 Å². The molecule has 0 unspecified atom stereocenters. The molecule has 0 heterocycles. The quantitative estimate of drug-likeness (QED) is 0.468. The first-order valence-electron chi connectivity index (χ1n) is 4.50. The Bertz CT molecular complexity index is 148. The van der Waals surface area contributed by atoms with Gasteiger partial charge in [-0.15, -0.1) is 0 Å². The summed E-state index contributed by atoms with van der Waals surface area (Å²) in [6, 6.07) is 0. The van der Waals surface area contributed by atoms with Gasteiger partial charge in [0.05, 0.1) is 6.61 Å². The van der Waals surface area contributed by atoms with Gasteiger partial charge in [-0.05, 0) is 25.7 Å². The Morgan fingerprint density at radius 3 is 2.67 bits per heavy atom. The van der Waals surface area contributed by atoms with E-state index in [0.29, 0.717) is 12.5 Å². The first kappa shape index (κ1) is 11.2. The van der Waals surface area contributed by atoms with Crippen LogP contribution in [0.1, 0.15) is 33.6 Å². The lowest BCUT2D eigenvalue weighted by Crippen LogP contribution is -1.98. The molecule has 0 amide bonds. The number of carbonyl (C=O) groups excluding carboxylic acids is 1. The van der Waals surface area contributed by atoms with E-state index in [2.05, 4.69) is 13.8 Å². The summed E-state index contributed by atoms with van der Waals surface area (Å²) in [6.07, 6.45) is 5.45. The van der Waals surface area contributed by atoms with Crippen LogP contribution in [0.2, 0.25) is 0 Å². The smallest absolute Gasteiger partial charge is 0.330 e. The van der Waals surface area contributed by atoms with Crippen molar-refractivity contribution in [2.45, 2.75) is 33.6 Å². The zero-order valence-electron chi connectivity index (χ0n) is 8.17. The number of rotatable bonds is 5. The maximum atomic E-state index is 10.8. The lowest BCUT2D eigenvalue weighted by Gasteiger charge is -1.99. The summed E-state index contributed by atoms with van der Waals surface area (Å²) in [7, 11) is 0. The molecule has 0 saturated heterocycles. The van der Waals surface area contributed by atoms with Crippen LogP contribution >= 0.6 is 0 Å². The first-order chi connectivity index (χ1) is 5.66. The molecule has 12 heavy (non-hydrogen) atoms. The van der Waals surface area contributed by atoms with E-state index >= 15 is 0 Å². The minimum Gasteiger partial charge on any atom is -0.463 e. The van der Waals surface area contributed by atoms with Gasteiger partial charge < -0.3 is 4.74 Å². The molecule has 0 aromatic heterocycles. The second-order valence-corrected chi connectivity index (χ2v) is 3.13. The SMILES string of the molecule is CCOC(=O)/C=C/CCC(C)C. The zero-order valence-corrected chi connectivity index (χ0v) is 8.17. The van der Waals surface area contributed by atoms with Crippen molar-refractivity contribution >= 4 is 5.97 Å². The van der Waals surface area contributed by atoms with Crippen molar-refractivity contribution in [3.05, 3.63) is 12.2 Å². The third kappa shape index (κ3) is 7.32. The third-order valence-corrected chi connectivity index (χ3v) is 1.45. The van der Waals surface area contributed by atoms with Crippen LogP contribution in [0.15, 0.2) is 12.2 Å². The van der Waals surface area contributed by atoms with Gasteiger partial charge in [-0.2, -0.15) is 0 Å². The van der Waals surface area contributed by atoms with Crippen LogP contribution in [0.25, 0.3) is 0 Å². The summed E-state index contributed by atoms with van der Waals surface area (Å²) in [5.74, 6) is 0.457. The summed E-state index contributed by atoms with van der Waals surface area (Å²) >= 11 is 0. The highest BCUT2D eigenvalue weighted by Gasteiger charge is 1.93. The number of hydrogen-bond donors (Lipinski definition) is 0. The minimum absolute atomic E-state index is 0.235. The van der Waals surface area contributed by atoms with Crippen LogP contribution in [0.4, 0.5) is 0 Å². The van der Waals surface area contributed by atoms with Gasteiger partial charge in [0.15, 0.2) is 0 Å². The normalized spacial score (nSPS) is 11.0. The monoisotopic (exact) mass is 170 g/mol. The van der Waals surface area contributed by atoms with Gasteiger partial charge in [0, 0.05) is 6.08 Å². The van der Waals surface area contributed by atoms with E-state index in [1.54, 1.807) is 6.92 Å². The van der Waals surface area contributed by atoms with Gasteiger partial charge in [-0.3, -0.25) is 0 Å². The van der Waals surface area contributed by atoms with E-state index in [0.717, 1.165) is 12.8 Å². The summed E-state index contributed by atoms with van der Waals surface area (Å²) in [5.41, 5.74) is 0. The van der Waals surface area contributed by atoms with Crippen molar-refractivity contribution in [1.29, 1.82) is 0 Å². The fourth-order valence-corrected chi connectivity index (χ4v) is 0.799. The molecule has 0 aliphatic carbocycles. The number of esters is 1. The first-order valence-corrected chi connectivity index (χ1v) is 4.50. The molecule has 0 bridgehead atoms. The number of allylic oxidation sites excluding steroid dienone is 1. The number of ether oxygens (including phenoxy) is 1. The van der Waals surface area contributed by atoms with Gasteiger partial charge in [-0.25, -0.2) is 4.79 Å². The van der Waals surface area contributed by atoms with E-state index in [9.17, 15) is 4.79 Å². The molecule has 0 aromatic carbocycles. The van der Waals surface area contributed by atoms with E-state index in [4.69, 9.17) is 4.74 Å². The Labute approximate surface area is 74.6 Å². The minimum atomic E-state index is -0.235. The van der Waals surface area contributed by atoms with Crippen molar-refractivity contribution in [3.8, 4) is 0 Å². The van der Waals surface area contributed by atoms with Crippen molar-refractivity contribution in [2.75, 3.05) is 6.61 Å². The average molecular weight is 170 g/mol. The predicted octanol–water partition coefficient (Wildman–Crippen LogP) is 2.54. The van der Waals surface area contributed by atoms with Gasteiger partial charge in [0.25, 0.3) is 0 Å². The topological polar surface area (TPSA) is 26.3 Å². The lowest BCUT2D eigenvalue weighted by atomic mass is 10.1. The maximum absolute atomic E-state index is 10.8. The summed E-state index contributed by atoms with van der Waals surface area (Å²) < 4.78 is 4.72. The van der Waals surface area contributed by atoms with Crippen molar-refractivity contribution in [2.24, 2.45) is 5.92 Å². The molecule has 2 heteroatoms. The molecule has 0 aliphatic rings. The molecule has 0 rings (SSSR count). The Balaban J connectivity index is 3.41. The fourth-order valence-electron chi connectivity index (χ4n) is 0.799. The van der Waals surface area contributed by atoms with Crippen molar-refractivity contribution in [1.82, 2.24) is 0 Å². The lowest BCUT2D eigenvalue weighted by molar-refractivity contribution is -0.137. The Morgan fingerprint density at radius 2 is 2.17 bits per heavy atom. The molecule has 0 N–H and O–H groups in total. The standard InChI is InChI=1S/C10H18O2/c1-4-12-10(11)8-6-5-7-9(2)3/h6,8-9H,4-5,7H2,1-3H3/b8-6+. The largest absolute Gasteiger partial charge is 0.463 e. The summed E-state index contributed by atoms with van der Waals surface area (Å²) in [6.45, 7) is 6.59. The Morgan fingerprint density at radius 1 is 1.50 bits per heavy atom. The summed E-state index contributed by atoms with van der Waals surface area (Å²) in [5, 5.41) is 0. The molecular weight excluding hydrogens is 152 g/mol. The molecular formula is C10H18O2. The van der Waals surface area contributed by atoms with Crippen LogP contribution < -0.4 is 0 Å². The van der Waals surface area contributed by atoms with Crippen LogP contribution in [-0.4, -0.2) is 12.6 Å². The molecule has 0 aromatic rings. The van der Waals surface area contributed by atoms with E-state index in [1.165, 1.54) is 6.08 Å².